The molecule has 0 N–H and O–H groups in total. The van der Waals surface area contributed by atoms with Crippen LogP contribution in [0.15, 0.2) is 71.1 Å². The standard InChI is InChI=1S/C52H77NO7S/c1-13-51(14-2,53(11)61(55,56)39-22-20-36(5)21-23-39)33-60-45-42(57-12)30-52-34-58-32-48(45,8)43(52)25-24-40-41(52)26-27-50(10)44(46(54)59-31-38-18-16-15-17-19-38)47(7,37(6)35(3)4)28-29-49(40,50)9/h15-23,26,35,37,40,42-45H,13-14,24-25,27-34H2,1-12H3/t37-,40+,42-,43+,44-,45+,47-,48-,49-,50+,52+/m1/s1. The third kappa shape index (κ3) is 7.21. The predicted molar refractivity (Wildman–Crippen MR) is 242 cm³/mol. The third-order valence-electron chi connectivity index (χ3n) is 18.8. The summed E-state index contributed by atoms with van der Waals surface area (Å²) in [5.41, 5.74) is 1.61. The average Bonchev–Trinajstić information content (AvgIpc) is 3.24. The highest BCUT2D eigenvalue weighted by Gasteiger charge is 2.72. The molecule has 11 atom stereocenters. The molecule has 2 aromatic carbocycles. The Bertz CT molecular complexity index is 2030. The molecule has 0 amide bonds. The van der Waals surface area contributed by atoms with Crippen molar-refractivity contribution in [1.82, 2.24) is 4.31 Å². The molecular formula is C52H77NO7S. The van der Waals surface area contributed by atoms with Gasteiger partial charge in [0.2, 0.25) is 10.0 Å². The number of methoxy groups -OCH3 is 1. The van der Waals surface area contributed by atoms with Crippen molar-refractivity contribution in [2.75, 3.05) is 34.0 Å². The van der Waals surface area contributed by atoms with E-state index < -0.39 is 15.6 Å². The molecule has 7 rings (SSSR count). The van der Waals surface area contributed by atoms with Crippen LogP contribution in [0.1, 0.15) is 125 Å². The summed E-state index contributed by atoms with van der Waals surface area (Å²) >= 11 is 0. The molecule has 0 radical (unpaired) electrons. The van der Waals surface area contributed by atoms with Crippen LogP contribution in [-0.2, 0) is 40.4 Å². The van der Waals surface area contributed by atoms with E-state index in [4.69, 9.17) is 18.9 Å². The van der Waals surface area contributed by atoms with Crippen molar-refractivity contribution in [2.45, 2.75) is 150 Å². The summed E-state index contributed by atoms with van der Waals surface area (Å²) in [4.78, 5) is 15.2. The van der Waals surface area contributed by atoms with Crippen LogP contribution in [0.25, 0.3) is 0 Å². The summed E-state index contributed by atoms with van der Waals surface area (Å²) in [5.74, 6) is 1.10. The number of hydrogen-bond acceptors (Lipinski definition) is 7. The molecule has 9 heteroatoms. The first-order valence-electron chi connectivity index (χ1n) is 23.4. The lowest BCUT2D eigenvalue weighted by Crippen LogP contribution is -2.70. The average molecular weight is 860 g/mol. The van der Waals surface area contributed by atoms with Crippen LogP contribution in [0.4, 0.5) is 0 Å². The van der Waals surface area contributed by atoms with Crippen LogP contribution < -0.4 is 0 Å². The quantitative estimate of drug-likeness (QED) is 0.138. The summed E-state index contributed by atoms with van der Waals surface area (Å²) < 4.78 is 56.7. The van der Waals surface area contributed by atoms with Crippen molar-refractivity contribution in [1.29, 1.82) is 0 Å². The van der Waals surface area contributed by atoms with Gasteiger partial charge < -0.3 is 18.9 Å². The zero-order valence-corrected chi connectivity index (χ0v) is 40.3. The van der Waals surface area contributed by atoms with Gasteiger partial charge in [-0.05, 0) is 116 Å². The van der Waals surface area contributed by atoms with E-state index >= 15 is 0 Å². The Morgan fingerprint density at radius 3 is 2.23 bits per heavy atom. The SMILES string of the molecule is CCC(CC)(CO[C@H]1[C@H](OC)C[C@@]23COC[C@]1(C)[C@@H]2CC[C@H]1C3=CC[C@@]2(C)[C@H](C(=O)OCc3ccccc3)[C@@](C)([C@H](C)C(C)C)CC[C@]12C)N(C)S(=O)(=O)c1ccc(C)cc1. The van der Waals surface area contributed by atoms with Gasteiger partial charge in [0.25, 0.3) is 0 Å². The fourth-order valence-corrected chi connectivity index (χ4v) is 15.8. The van der Waals surface area contributed by atoms with Crippen LogP contribution in [0.3, 0.4) is 0 Å². The van der Waals surface area contributed by atoms with Gasteiger partial charge in [0.15, 0.2) is 0 Å². The van der Waals surface area contributed by atoms with Gasteiger partial charge in [-0.1, -0.05) is 122 Å². The highest BCUT2D eigenvalue weighted by atomic mass is 32.2. The van der Waals surface area contributed by atoms with Crippen LogP contribution in [0, 0.1) is 63.6 Å². The molecule has 2 bridgehead atoms. The lowest BCUT2D eigenvalue weighted by Gasteiger charge is -2.71. The second-order valence-electron chi connectivity index (χ2n) is 21.5. The molecule has 338 valence electrons. The predicted octanol–water partition coefficient (Wildman–Crippen LogP) is 10.8. The lowest BCUT2D eigenvalue weighted by atomic mass is 9.34. The van der Waals surface area contributed by atoms with Crippen LogP contribution >= 0.6 is 0 Å². The Kier molecular flexibility index (Phi) is 12.8. The van der Waals surface area contributed by atoms with E-state index in [1.165, 1.54) is 5.57 Å². The summed E-state index contributed by atoms with van der Waals surface area (Å²) in [7, 11) is -0.246. The van der Waals surface area contributed by atoms with Gasteiger partial charge in [-0.15, -0.1) is 0 Å². The summed E-state index contributed by atoms with van der Waals surface area (Å²) in [6, 6.07) is 17.2. The Labute approximate surface area is 369 Å². The van der Waals surface area contributed by atoms with Gasteiger partial charge in [0.05, 0.1) is 48.4 Å². The van der Waals surface area contributed by atoms with Gasteiger partial charge in [-0.25, -0.2) is 8.42 Å². The third-order valence-corrected chi connectivity index (χ3v) is 20.8. The zero-order valence-electron chi connectivity index (χ0n) is 39.5. The molecule has 1 heterocycles. The molecule has 0 aromatic heterocycles. The number of carbonyl (C=O) groups excluding carboxylic acids is 1. The highest BCUT2D eigenvalue weighted by Crippen LogP contribution is 2.75. The monoisotopic (exact) mass is 860 g/mol. The maximum atomic E-state index is 14.9. The second-order valence-corrected chi connectivity index (χ2v) is 23.5. The summed E-state index contributed by atoms with van der Waals surface area (Å²) in [6.45, 7) is 24.5. The lowest BCUT2D eigenvalue weighted by molar-refractivity contribution is -0.271. The van der Waals surface area contributed by atoms with Gasteiger partial charge >= 0.3 is 5.97 Å². The largest absolute Gasteiger partial charge is 0.461 e. The Hall–Kier alpha value is -2.56. The molecule has 1 saturated heterocycles. The first-order chi connectivity index (χ1) is 28.7. The molecule has 0 spiro atoms. The second kappa shape index (κ2) is 16.8. The first kappa shape index (κ1) is 46.4. The number of sulfonamides is 1. The maximum Gasteiger partial charge on any atom is 0.310 e. The summed E-state index contributed by atoms with van der Waals surface area (Å²) in [6.07, 6.45) is 9.07. The van der Waals surface area contributed by atoms with Crippen molar-refractivity contribution < 1.29 is 32.2 Å². The van der Waals surface area contributed by atoms with E-state index in [-0.39, 0.29) is 57.8 Å². The fraction of sp³-hybridized carbons (Fsp3) is 0.712. The number of likely N-dealkylation sites (N-methyl/N-ethyl adjacent to an activating group) is 1. The minimum absolute atomic E-state index is 0.0470. The Morgan fingerprint density at radius 2 is 1.61 bits per heavy atom. The van der Waals surface area contributed by atoms with Crippen LogP contribution in [-0.4, -0.2) is 70.4 Å². The number of hydrogen-bond donors (Lipinski definition) is 0. The molecule has 0 unspecified atom stereocenters. The molecule has 4 fully saturated rings. The van der Waals surface area contributed by atoms with E-state index in [2.05, 4.69) is 68.4 Å². The smallest absolute Gasteiger partial charge is 0.310 e. The fourth-order valence-electron chi connectivity index (χ4n) is 14.2. The summed E-state index contributed by atoms with van der Waals surface area (Å²) in [5, 5.41) is 0. The number of nitrogens with zero attached hydrogens (tertiary/aromatic N) is 1. The number of aryl methyl sites for hydroxylation is 1. The molecule has 2 aromatic rings. The number of fused-ring (bicyclic) bond motifs is 3. The number of benzene rings is 2. The van der Waals surface area contributed by atoms with E-state index in [1.807, 2.05) is 56.5 Å². The molecule has 1 aliphatic heterocycles. The number of allylic oxidation sites excluding steroid dienone is 1. The zero-order chi connectivity index (χ0) is 44.4. The molecular weight excluding hydrogens is 783 g/mol. The number of ether oxygens (including phenoxy) is 4. The molecule has 5 aliphatic rings. The van der Waals surface area contributed by atoms with Crippen molar-refractivity contribution in [2.24, 2.45) is 56.7 Å². The van der Waals surface area contributed by atoms with Gasteiger partial charge in [0.1, 0.15) is 6.61 Å². The van der Waals surface area contributed by atoms with Gasteiger partial charge in [0, 0.05) is 25.0 Å². The minimum Gasteiger partial charge on any atom is -0.461 e. The minimum atomic E-state index is -3.78. The normalized spacial score (nSPS) is 36.7. The first-order valence-corrected chi connectivity index (χ1v) is 24.9. The van der Waals surface area contributed by atoms with Gasteiger partial charge in [-0.2, -0.15) is 4.31 Å². The van der Waals surface area contributed by atoms with Crippen molar-refractivity contribution in [3.05, 3.63) is 77.4 Å². The van der Waals surface area contributed by atoms with Crippen molar-refractivity contribution in [3.63, 3.8) is 0 Å². The molecule has 61 heavy (non-hydrogen) atoms. The van der Waals surface area contributed by atoms with Crippen molar-refractivity contribution in [3.8, 4) is 0 Å². The van der Waals surface area contributed by atoms with E-state index in [0.29, 0.717) is 61.2 Å². The number of rotatable bonds is 14. The highest BCUT2D eigenvalue weighted by molar-refractivity contribution is 7.89. The van der Waals surface area contributed by atoms with E-state index in [0.717, 1.165) is 49.7 Å². The topological polar surface area (TPSA) is 91.4 Å². The maximum absolute atomic E-state index is 14.9. The van der Waals surface area contributed by atoms with Crippen molar-refractivity contribution >= 4 is 16.0 Å². The van der Waals surface area contributed by atoms with E-state index in [1.54, 1.807) is 23.5 Å². The Balaban J connectivity index is 1.21. The van der Waals surface area contributed by atoms with Crippen LogP contribution in [0.5, 0.6) is 0 Å². The number of carbonyl (C=O) groups is 1. The van der Waals surface area contributed by atoms with Crippen LogP contribution in [0.2, 0.25) is 0 Å². The van der Waals surface area contributed by atoms with E-state index in [9.17, 15) is 13.2 Å². The van der Waals surface area contributed by atoms with Gasteiger partial charge in [-0.3, -0.25) is 4.79 Å². The Morgan fingerprint density at radius 1 is 0.934 bits per heavy atom. The molecule has 4 aliphatic carbocycles. The number of esters is 1. The molecule has 3 saturated carbocycles. The molecule has 8 nitrogen and oxygen atoms in total.